The molecule has 0 N–H and O–H groups in total. The number of rotatable bonds is 0. The van der Waals surface area contributed by atoms with Crippen molar-refractivity contribution in [2.45, 2.75) is 47.0 Å². The van der Waals surface area contributed by atoms with Gasteiger partial charge in [0.2, 0.25) is 0 Å². The van der Waals surface area contributed by atoms with E-state index in [-0.39, 0.29) is 0 Å². The van der Waals surface area contributed by atoms with Crippen molar-refractivity contribution >= 4 is 5.78 Å². The van der Waals surface area contributed by atoms with Gasteiger partial charge in [-0.2, -0.15) is 0 Å². The Morgan fingerprint density at radius 1 is 1.38 bits per heavy atom. The summed E-state index contributed by atoms with van der Waals surface area (Å²) in [6.07, 6.45) is 5.48. The third kappa shape index (κ3) is 1.88. The van der Waals surface area contributed by atoms with E-state index in [1.807, 2.05) is 6.92 Å². The van der Waals surface area contributed by atoms with Crippen LogP contribution in [0.5, 0.6) is 0 Å². The second kappa shape index (κ2) is 4.20. The van der Waals surface area contributed by atoms with Crippen LogP contribution in [0.1, 0.15) is 47.0 Å². The Labute approximate surface area is 98.6 Å². The molecule has 0 amide bonds. The third-order valence-electron chi connectivity index (χ3n) is 4.40. The molecule has 3 atom stereocenters. The molecule has 0 aliphatic heterocycles. The van der Waals surface area contributed by atoms with E-state index in [4.69, 9.17) is 0 Å². The van der Waals surface area contributed by atoms with Crippen molar-refractivity contribution in [2.24, 2.45) is 17.8 Å². The normalized spacial score (nSPS) is 34.5. The van der Waals surface area contributed by atoms with Gasteiger partial charge in [-0.15, -0.1) is 0 Å². The van der Waals surface area contributed by atoms with E-state index in [1.165, 1.54) is 18.4 Å². The number of carbonyl (C=O) groups is 1. The highest BCUT2D eigenvalue weighted by molar-refractivity contribution is 5.96. The zero-order valence-electron chi connectivity index (χ0n) is 10.8. The van der Waals surface area contributed by atoms with Gasteiger partial charge in [0, 0.05) is 12.3 Å². The Kier molecular flexibility index (Phi) is 3.05. The SMILES string of the molecule is CC1=CC2C(=C(C)C)CCC(C)C2CC1=O. The zero-order chi connectivity index (χ0) is 11.9. The first kappa shape index (κ1) is 11.6. The molecule has 0 saturated heterocycles. The summed E-state index contributed by atoms with van der Waals surface area (Å²) in [4.78, 5) is 11.8. The highest BCUT2D eigenvalue weighted by atomic mass is 16.1. The molecule has 0 aromatic rings. The molecule has 2 aliphatic rings. The third-order valence-corrected chi connectivity index (χ3v) is 4.40. The molecule has 0 heterocycles. The van der Waals surface area contributed by atoms with Gasteiger partial charge in [0.25, 0.3) is 0 Å². The quantitative estimate of drug-likeness (QED) is 0.563. The minimum Gasteiger partial charge on any atom is -0.295 e. The molecule has 1 heteroatoms. The van der Waals surface area contributed by atoms with Crippen molar-refractivity contribution in [3.05, 3.63) is 22.8 Å². The van der Waals surface area contributed by atoms with Gasteiger partial charge in [0.15, 0.2) is 5.78 Å². The van der Waals surface area contributed by atoms with Crippen LogP contribution in [0.2, 0.25) is 0 Å². The highest BCUT2D eigenvalue weighted by Crippen LogP contribution is 2.45. The molecule has 16 heavy (non-hydrogen) atoms. The lowest BCUT2D eigenvalue weighted by Crippen LogP contribution is -2.33. The Bertz CT molecular complexity index is 369. The van der Waals surface area contributed by atoms with Crippen molar-refractivity contribution in [2.75, 3.05) is 0 Å². The van der Waals surface area contributed by atoms with Crippen LogP contribution in [0.15, 0.2) is 22.8 Å². The molecule has 1 fully saturated rings. The Morgan fingerprint density at radius 3 is 2.69 bits per heavy atom. The van der Waals surface area contributed by atoms with Crippen LogP contribution in [-0.4, -0.2) is 5.78 Å². The predicted molar refractivity (Wildman–Crippen MR) is 67.1 cm³/mol. The molecule has 88 valence electrons. The smallest absolute Gasteiger partial charge is 0.158 e. The lowest BCUT2D eigenvalue weighted by atomic mass is 9.64. The summed E-state index contributed by atoms with van der Waals surface area (Å²) < 4.78 is 0. The number of allylic oxidation sites excluding steroid dienone is 4. The molecule has 0 aromatic carbocycles. The minimum atomic E-state index is 0.364. The van der Waals surface area contributed by atoms with E-state index in [1.54, 1.807) is 5.57 Å². The summed E-state index contributed by atoms with van der Waals surface area (Å²) in [7, 11) is 0. The first-order chi connectivity index (χ1) is 7.50. The lowest BCUT2D eigenvalue weighted by Gasteiger charge is -2.40. The maximum atomic E-state index is 11.8. The average molecular weight is 218 g/mol. The van der Waals surface area contributed by atoms with E-state index in [9.17, 15) is 4.79 Å². The molecule has 0 bridgehead atoms. The molecule has 2 rings (SSSR count). The van der Waals surface area contributed by atoms with Crippen molar-refractivity contribution in [1.29, 1.82) is 0 Å². The molecule has 1 nitrogen and oxygen atoms in total. The predicted octanol–water partition coefficient (Wildman–Crippen LogP) is 3.90. The van der Waals surface area contributed by atoms with Crippen molar-refractivity contribution < 1.29 is 4.79 Å². The van der Waals surface area contributed by atoms with E-state index in [0.29, 0.717) is 23.5 Å². The molecular weight excluding hydrogens is 196 g/mol. The summed E-state index contributed by atoms with van der Waals surface area (Å²) in [5.74, 6) is 2.17. The van der Waals surface area contributed by atoms with Crippen molar-refractivity contribution in [3.63, 3.8) is 0 Å². The molecule has 0 aromatic heterocycles. The van der Waals surface area contributed by atoms with Gasteiger partial charge >= 0.3 is 0 Å². The first-order valence-corrected chi connectivity index (χ1v) is 6.38. The maximum Gasteiger partial charge on any atom is 0.158 e. The van der Waals surface area contributed by atoms with Gasteiger partial charge in [0.1, 0.15) is 0 Å². The number of ketones is 1. The van der Waals surface area contributed by atoms with Crippen molar-refractivity contribution in [3.8, 4) is 0 Å². The van der Waals surface area contributed by atoms with Crippen LogP contribution >= 0.6 is 0 Å². The number of fused-ring (bicyclic) bond motifs is 1. The van der Waals surface area contributed by atoms with Crippen LogP contribution in [0.4, 0.5) is 0 Å². The standard InChI is InChI=1S/C15H22O/c1-9(2)12-6-5-10(3)13-8-15(16)11(4)7-14(12)13/h7,10,13-14H,5-6,8H2,1-4H3. The van der Waals surface area contributed by atoms with Crippen molar-refractivity contribution in [1.82, 2.24) is 0 Å². The fourth-order valence-corrected chi connectivity index (χ4v) is 3.25. The summed E-state index contributed by atoms with van der Waals surface area (Å²) >= 11 is 0. The highest BCUT2D eigenvalue weighted by Gasteiger charge is 2.37. The van der Waals surface area contributed by atoms with Crippen LogP contribution in [0.3, 0.4) is 0 Å². The Balaban J connectivity index is 2.40. The lowest BCUT2D eigenvalue weighted by molar-refractivity contribution is -0.117. The fraction of sp³-hybridized carbons (Fsp3) is 0.667. The van der Waals surface area contributed by atoms with Gasteiger partial charge in [-0.3, -0.25) is 4.79 Å². The fourth-order valence-electron chi connectivity index (χ4n) is 3.25. The first-order valence-electron chi connectivity index (χ1n) is 6.38. The summed E-state index contributed by atoms with van der Waals surface area (Å²) in [5.41, 5.74) is 4.03. The van der Waals surface area contributed by atoms with Gasteiger partial charge in [-0.25, -0.2) is 0 Å². The monoisotopic (exact) mass is 218 g/mol. The molecule has 3 unspecified atom stereocenters. The van der Waals surface area contributed by atoms with Gasteiger partial charge < -0.3 is 0 Å². The van der Waals surface area contributed by atoms with E-state index in [0.717, 1.165) is 12.0 Å². The topological polar surface area (TPSA) is 17.1 Å². The van der Waals surface area contributed by atoms with Crippen LogP contribution in [0, 0.1) is 17.8 Å². The molecule has 2 aliphatic carbocycles. The average Bonchev–Trinajstić information content (AvgIpc) is 2.21. The minimum absolute atomic E-state index is 0.364. The summed E-state index contributed by atoms with van der Waals surface area (Å²) in [6, 6.07) is 0. The maximum absolute atomic E-state index is 11.8. The number of hydrogen-bond donors (Lipinski definition) is 0. The zero-order valence-corrected chi connectivity index (χ0v) is 10.8. The number of hydrogen-bond acceptors (Lipinski definition) is 1. The Morgan fingerprint density at radius 2 is 2.06 bits per heavy atom. The van der Waals surface area contributed by atoms with Crippen LogP contribution in [-0.2, 0) is 4.79 Å². The summed E-state index contributed by atoms with van der Waals surface area (Å²) in [5, 5.41) is 0. The van der Waals surface area contributed by atoms with Gasteiger partial charge in [-0.05, 0) is 51.0 Å². The van der Waals surface area contributed by atoms with Crippen LogP contribution in [0.25, 0.3) is 0 Å². The number of Topliss-reactive ketones (excluding diaryl/α,β-unsaturated/α-hetero) is 1. The number of carbonyl (C=O) groups excluding carboxylic acids is 1. The molecule has 0 radical (unpaired) electrons. The van der Waals surface area contributed by atoms with Gasteiger partial charge in [-0.1, -0.05) is 24.1 Å². The van der Waals surface area contributed by atoms with E-state index >= 15 is 0 Å². The molecule has 0 spiro atoms. The molecule has 1 saturated carbocycles. The van der Waals surface area contributed by atoms with E-state index < -0.39 is 0 Å². The Hall–Kier alpha value is -0.850. The van der Waals surface area contributed by atoms with Gasteiger partial charge in [0.05, 0.1) is 0 Å². The van der Waals surface area contributed by atoms with E-state index in [2.05, 4.69) is 26.8 Å². The second-order valence-corrected chi connectivity index (χ2v) is 5.71. The largest absolute Gasteiger partial charge is 0.295 e. The molecular formula is C15H22O. The second-order valence-electron chi connectivity index (χ2n) is 5.71. The van der Waals surface area contributed by atoms with Crippen LogP contribution < -0.4 is 0 Å². The summed E-state index contributed by atoms with van der Waals surface area (Å²) in [6.45, 7) is 8.70.